The number of carbonyl (C=O) groups is 1. The average molecular weight is 266 g/mol. The van der Waals surface area contributed by atoms with Crippen LogP contribution in [0.15, 0.2) is 48.5 Å². The Morgan fingerprint density at radius 3 is 2.85 bits per heavy atom. The molecular formula is C17H18N2O. The molecule has 0 aliphatic carbocycles. The Hall–Kier alpha value is -2.29. The summed E-state index contributed by atoms with van der Waals surface area (Å²) in [5.41, 5.74) is 4.39. The lowest BCUT2D eigenvalue weighted by Crippen LogP contribution is -2.16. The molecular weight excluding hydrogens is 248 g/mol. The summed E-state index contributed by atoms with van der Waals surface area (Å²) < 4.78 is 0. The lowest BCUT2D eigenvalue weighted by atomic mass is 10.0. The number of hydrogen-bond donors (Lipinski definition) is 2. The molecule has 3 nitrogen and oxygen atoms in total. The summed E-state index contributed by atoms with van der Waals surface area (Å²) in [6, 6.07) is 15.9. The van der Waals surface area contributed by atoms with E-state index in [4.69, 9.17) is 0 Å². The van der Waals surface area contributed by atoms with Crippen molar-refractivity contribution in [3.05, 3.63) is 59.7 Å². The van der Waals surface area contributed by atoms with Crippen LogP contribution in [0.2, 0.25) is 0 Å². The molecule has 2 N–H and O–H groups in total. The maximum Gasteiger partial charge on any atom is 0.228 e. The van der Waals surface area contributed by atoms with Gasteiger partial charge in [-0.3, -0.25) is 4.79 Å². The number of amides is 1. The zero-order valence-corrected chi connectivity index (χ0v) is 11.4. The van der Waals surface area contributed by atoms with E-state index in [1.165, 1.54) is 11.3 Å². The second-order valence-corrected chi connectivity index (χ2v) is 5.11. The summed E-state index contributed by atoms with van der Waals surface area (Å²) >= 11 is 0. The molecule has 20 heavy (non-hydrogen) atoms. The molecule has 0 atom stereocenters. The molecule has 1 heterocycles. The van der Waals surface area contributed by atoms with Crippen LogP contribution in [0, 0.1) is 0 Å². The van der Waals surface area contributed by atoms with Crippen LogP contribution in [0.25, 0.3) is 0 Å². The smallest absolute Gasteiger partial charge is 0.228 e. The number of hydrogen-bond acceptors (Lipinski definition) is 2. The molecule has 1 aliphatic heterocycles. The third-order valence-electron chi connectivity index (χ3n) is 3.53. The molecule has 0 aromatic heterocycles. The predicted octanol–water partition coefficient (Wildman–Crippen LogP) is 3.23. The Kier molecular flexibility index (Phi) is 3.68. The van der Waals surface area contributed by atoms with E-state index in [1.807, 2.05) is 42.5 Å². The van der Waals surface area contributed by atoms with Crippen LogP contribution in [0.1, 0.15) is 17.5 Å². The van der Waals surface area contributed by atoms with Crippen LogP contribution in [0.4, 0.5) is 11.4 Å². The molecule has 3 rings (SSSR count). The van der Waals surface area contributed by atoms with Gasteiger partial charge in [0, 0.05) is 17.9 Å². The third-order valence-corrected chi connectivity index (χ3v) is 3.53. The highest BCUT2D eigenvalue weighted by atomic mass is 16.1. The van der Waals surface area contributed by atoms with Crippen molar-refractivity contribution < 1.29 is 4.79 Å². The van der Waals surface area contributed by atoms with Gasteiger partial charge >= 0.3 is 0 Å². The number of nitrogens with one attached hydrogen (secondary N) is 2. The fourth-order valence-electron chi connectivity index (χ4n) is 2.54. The molecule has 3 heteroatoms. The van der Waals surface area contributed by atoms with E-state index in [0.717, 1.165) is 30.6 Å². The first kappa shape index (κ1) is 12.7. The van der Waals surface area contributed by atoms with E-state index in [-0.39, 0.29) is 5.91 Å². The van der Waals surface area contributed by atoms with Gasteiger partial charge in [-0.1, -0.05) is 30.3 Å². The quantitative estimate of drug-likeness (QED) is 0.895. The SMILES string of the molecule is O=C(Cc1ccccc1)Nc1ccc2c(c1)CCCN2. The number of benzene rings is 2. The number of aryl methyl sites for hydroxylation is 1. The van der Waals surface area contributed by atoms with E-state index in [2.05, 4.69) is 16.7 Å². The van der Waals surface area contributed by atoms with Crippen LogP contribution < -0.4 is 10.6 Å². The molecule has 2 aromatic carbocycles. The summed E-state index contributed by atoms with van der Waals surface area (Å²) in [7, 11) is 0. The minimum Gasteiger partial charge on any atom is -0.385 e. The largest absolute Gasteiger partial charge is 0.385 e. The molecule has 2 aromatic rings. The van der Waals surface area contributed by atoms with Gasteiger partial charge in [-0.2, -0.15) is 0 Å². The van der Waals surface area contributed by atoms with Gasteiger partial charge in [0.15, 0.2) is 0 Å². The molecule has 0 spiro atoms. The first-order valence-corrected chi connectivity index (χ1v) is 7.02. The van der Waals surface area contributed by atoms with Gasteiger partial charge in [0.05, 0.1) is 6.42 Å². The molecule has 0 bridgehead atoms. The van der Waals surface area contributed by atoms with Crippen LogP contribution in [0.3, 0.4) is 0 Å². The second-order valence-electron chi connectivity index (χ2n) is 5.11. The van der Waals surface area contributed by atoms with Crippen LogP contribution >= 0.6 is 0 Å². The van der Waals surface area contributed by atoms with Crippen molar-refractivity contribution in [1.82, 2.24) is 0 Å². The Morgan fingerprint density at radius 1 is 1.15 bits per heavy atom. The summed E-state index contributed by atoms with van der Waals surface area (Å²) in [6.07, 6.45) is 2.63. The summed E-state index contributed by atoms with van der Waals surface area (Å²) in [5, 5.41) is 6.34. The van der Waals surface area contributed by atoms with E-state index in [0.29, 0.717) is 6.42 Å². The van der Waals surface area contributed by atoms with Gasteiger partial charge in [0.25, 0.3) is 0 Å². The highest BCUT2D eigenvalue weighted by Crippen LogP contribution is 2.25. The summed E-state index contributed by atoms with van der Waals surface area (Å²) in [6.45, 7) is 1.03. The van der Waals surface area contributed by atoms with Crippen molar-refractivity contribution in [2.75, 3.05) is 17.2 Å². The fraction of sp³-hybridized carbons (Fsp3) is 0.235. The predicted molar refractivity (Wildman–Crippen MR) is 82.0 cm³/mol. The van der Waals surface area contributed by atoms with E-state index < -0.39 is 0 Å². The van der Waals surface area contributed by atoms with E-state index in [1.54, 1.807) is 0 Å². The van der Waals surface area contributed by atoms with Gasteiger partial charge in [0.2, 0.25) is 5.91 Å². The lowest BCUT2D eigenvalue weighted by Gasteiger charge is -2.18. The first-order chi connectivity index (χ1) is 9.81. The molecule has 0 unspecified atom stereocenters. The minimum atomic E-state index is 0.0277. The lowest BCUT2D eigenvalue weighted by molar-refractivity contribution is -0.115. The van der Waals surface area contributed by atoms with Crippen LogP contribution in [-0.4, -0.2) is 12.5 Å². The highest BCUT2D eigenvalue weighted by Gasteiger charge is 2.10. The number of carbonyl (C=O) groups excluding carboxylic acids is 1. The third kappa shape index (κ3) is 2.99. The molecule has 0 saturated carbocycles. The standard InChI is InChI=1S/C17H18N2O/c20-17(11-13-5-2-1-3-6-13)19-15-8-9-16-14(12-15)7-4-10-18-16/h1-3,5-6,8-9,12,18H,4,7,10-11H2,(H,19,20). The normalized spacial score (nSPS) is 13.2. The molecule has 0 radical (unpaired) electrons. The number of anilines is 2. The van der Waals surface area contributed by atoms with Crippen LogP contribution in [-0.2, 0) is 17.6 Å². The fourth-order valence-corrected chi connectivity index (χ4v) is 2.54. The maximum absolute atomic E-state index is 12.0. The molecule has 1 amide bonds. The Balaban J connectivity index is 1.67. The Morgan fingerprint density at radius 2 is 2.00 bits per heavy atom. The Bertz CT molecular complexity index is 608. The van der Waals surface area contributed by atoms with Crippen LogP contribution in [0.5, 0.6) is 0 Å². The van der Waals surface area contributed by atoms with Crippen molar-refractivity contribution in [2.24, 2.45) is 0 Å². The number of fused-ring (bicyclic) bond motifs is 1. The van der Waals surface area contributed by atoms with Crippen molar-refractivity contribution >= 4 is 17.3 Å². The average Bonchev–Trinajstić information content (AvgIpc) is 2.48. The van der Waals surface area contributed by atoms with Gasteiger partial charge in [-0.15, -0.1) is 0 Å². The molecule has 102 valence electrons. The van der Waals surface area contributed by atoms with Crippen molar-refractivity contribution in [3.8, 4) is 0 Å². The highest BCUT2D eigenvalue weighted by molar-refractivity contribution is 5.92. The van der Waals surface area contributed by atoms with E-state index in [9.17, 15) is 4.79 Å². The van der Waals surface area contributed by atoms with Gasteiger partial charge in [0.1, 0.15) is 0 Å². The van der Waals surface area contributed by atoms with Crippen molar-refractivity contribution in [2.45, 2.75) is 19.3 Å². The number of rotatable bonds is 3. The zero-order valence-electron chi connectivity index (χ0n) is 11.4. The first-order valence-electron chi connectivity index (χ1n) is 7.02. The van der Waals surface area contributed by atoms with Crippen molar-refractivity contribution in [1.29, 1.82) is 0 Å². The zero-order chi connectivity index (χ0) is 13.8. The second kappa shape index (κ2) is 5.78. The summed E-state index contributed by atoms with van der Waals surface area (Å²) in [4.78, 5) is 12.0. The molecule has 0 fully saturated rings. The Labute approximate surface area is 119 Å². The molecule has 1 aliphatic rings. The monoisotopic (exact) mass is 266 g/mol. The van der Waals surface area contributed by atoms with Crippen molar-refractivity contribution in [3.63, 3.8) is 0 Å². The minimum absolute atomic E-state index is 0.0277. The maximum atomic E-state index is 12.0. The van der Waals surface area contributed by atoms with E-state index >= 15 is 0 Å². The topological polar surface area (TPSA) is 41.1 Å². The summed E-state index contributed by atoms with van der Waals surface area (Å²) in [5.74, 6) is 0.0277. The van der Waals surface area contributed by atoms with Gasteiger partial charge in [-0.25, -0.2) is 0 Å². The molecule has 0 saturated heterocycles. The van der Waals surface area contributed by atoms with Gasteiger partial charge in [-0.05, 0) is 42.2 Å². The van der Waals surface area contributed by atoms with Gasteiger partial charge < -0.3 is 10.6 Å².